The van der Waals surface area contributed by atoms with Crippen molar-refractivity contribution in [3.05, 3.63) is 29.6 Å². The lowest BCUT2D eigenvalue weighted by atomic mass is 10.2. The number of halogens is 1. The third kappa shape index (κ3) is 4.81. The van der Waals surface area contributed by atoms with Crippen LogP contribution in [-0.2, 0) is 11.3 Å². The summed E-state index contributed by atoms with van der Waals surface area (Å²) in [6, 6.07) is 5.25. The number of nitrogens with one attached hydrogen (secondary N) is 2. The molecule has 5 heteroatoms. The number of benzene rings is 1. The molecule has 1 aromatic carbocycles. The molecule has 0 aromatic heterocycles. The average Bonchev–Trinajstić information content (AvgIpc) is 3.22. The maximum absolute atomic E-state index is 13.8. The molecule has 4 nitrogen and oxygen atoms in total. The Morgan fingerprint density at radius 2 is 2.25 bits per heavy atom. The zero-order valence-corrected chi connectivity index (χ0v) is 11.7. The molecule has 0 atom stereocenters. The second-order valence-corrected chi connectivity index (χ2v) is 4.99. The lowest BCUT2D eigenvalue weighted by molar-refractivity contribution is -0.121. The van der Waals surface area contributed by atoms with Gasteiger partial charge in [0, 0.05) is 12.6 Å². The van der Waals surface area contributed by atoms with Gasteiger partial charge in [-0.1, -0.05) is 13.0 Å². The van der Waals surface area contributed by atoms with Gasteiger partial charge in [-0.25, -0.2) is 4.39 Å². The van der Waals surface area contributed by atoms with Gasteiger partial charge in [-0.2, -0.15) is 0 Å². The van der Waals surface area contributed by atoms with Gasteiger partial charge in [0.15, 0.2) is 11.6 Å². The number of carbonyl (C=O) groups excluding carboxylic acids is 1. The van der Waals surface area contributed by atoms with Crippen molar-refractivity contribution in [1.29, 1.82) is 0 Å². The van der Waals surface area contributed by atoms with Gasteiger partial charge < -0.3 is 15.4 Å². The van der Waals surface area contributed by atoms with E-state index in [1.54, 1.807) is 6.07 Å². The lowest BCUT2D eigenvalue weighted by Gasteiger charge is -2.09. The average molecular weight is 280 g/mol. The van der Waals surface area contributed by atoms with Crippen LogP contribution in [0.1, 0.15) is 31.7 Å². The lowest BCUT2D eigenvalue weighted by Crippen LogP contribution is -2.26. The first-order valence-electron chi connectivity index (χ1n) is 7.10. The van der Waals surface area contributed by atoms with Crippen LogP contribution in [0.25, 0.3) is 0 Å². The summed E-state index contributed by atoms with van der Waals surface area (Å²) in [5.41, 5.74) is 0.878. The Bertz CT molecular complexity index is 461. The molecule has 0 saturated heterocycles. The van der Waals surface area contributed by atoms with Crippen molar-refractivity contribution >= 4 is 5.91 Å². The summed E-state index contributed by atoms with van der Waals surface area (Å²) in [5.74, 6) is -0.218. The number of amides is 1. The van der Waals surface area contributed by atoms with Crippen molar-refractivity contribution < 1.29 is 13.9 Å². The number of hydrogen-bond acceptors (Lipinski definition) is 3. The second kappa shape index (κ2) is 7.24. The summed E-state index contributed by atoms with van der Waals surface area (Å²) in [7, 11) is 0. The Balaban J connectivity index is 1.75. The van der Waals surface area contributed by atoms with Crippen LogP contribution in [0.2, 0.25) is 0 Å². The highest BCUT2D eigenvalue weighted by molar-refractivity contribution is 5.76. The molecule has 20 heavy (non-hydrogen) atoms. The number of ether oxygens (including phenoxy) is 1. The molecule has 0 spiro atoms. The highest BCUT2D eigenvalue weighted by atomic mass is 19.1. The minimum absolute atomic E-state index is 0.0309. The van der Waals surface area contributed by atoms with E-state index in [1.807, 2.05) is 13.0 Å². The van der Waals surface area contributed by atoms with E-state index in [4.69, 9.17) is 4.74 Å². The van der Waals surface area contributed by atoms with Crippen LogP contribution in [0.5, 0.6) is 5.75 Å². The molecule has 1 amide bonds. The van der Waals surface area contributed by atoms with Gasteiger partial charge in [-0.3, -0.25) is 4.79 Å². The quantitative estimate of drug-likeness (QED) is 0.765. The van der Waals surface area contributed by atoms with Crippen molar-refractivity contribution in [2.45, 2.75) is 38.8 Å². The van der Waals surface area contributed by atoms with Crippen LogP contribution >= 0.6 is 0 Å². The minimum atomic E-state index is -0.386. The van der Waals surface area contributed by atoms with E-state index in [1.165, 1.54) is 6.07 Å². The van der Waals surface area contributed by atoms with Crippen LogP contribution in [0, 0.1) is 5.82 Å². The monoisotopic (exact) mass is 280 g/mol. The Kier molecular flexibility index (Phi) is 5.35. The largest absolute Gasteiger partial charge is 0.490 e. The first kappa shape index (κ1) is 14.8. The molecule has 0 unspecified atom stereocenters. The first-order valence-corrected chi connectivity index (χ1v) is 7.10. The summed E-state index contributed by atoms with van der Waals surface area (Å²) in [4.78, 5) is 11.4. The highest BCUT2D eigenvalue weighted by Gasteiger charge is 2.22. The van der Waals surface area contributed by atoms with Crippen molar-refractivity contribution in [2.24, 2.45) is 0 Å². The molecular formula is C15H21FN2O2. The third-order valence-electron chi connectivity index (χ3n) is 3.10. The predicted octanol–water partition coefficient (Wildman–Crippen LogP) is 1.98. The third-order valence-corrected chi connectivity index (χ3v) is 3.10. The molecule has 2 N–H and O–H groups in total. The molecular weight excluding hydrogens is 259 g/mol. The Labute approximate surface area is 118 Å². The zero-order chi connectivity index (χ0) is 14.4. The van der Waals surface area contributed by atoms with Gasteiger partial charge in [0.05, 0.1) is 13.0 Å². The van der Waals surface area contributed by atoms with E-state index in [0.29, 0.717) is 12.6 Å². The van der Waals surface area contributed by atoms with Gasteiger partial charge >= 0.3 is 0 Å². The van der Waals surface area contributed by atoms with E-state index in [9.17, 15) is 9.18 Å². The molecule has 110 valence electrons. The molecule has 1 aromatic rings. The van der Waals surface area contributed by atoms with Gasteiger partial charge in [0.1, 0.15) is 0 Å². The fourth-order valence-electron chi connectivity index (χ4n) is 1.82. The van der Waals surface area contributed by atoms with Crippen LogP contribution < -0.4 is 15.4 Å². The normalized spacial score (nSPS) is 14.1. The van der Waals surface area contributed by atoms with Crippen LogP contribution in [-0.4, -0.2) is 25.1 Å². The highest BCUT2D eigenvalue weighted by Crippen LogP contribution is 2.20. The molecule has 0 heterocycles. The van der Waals surface area contributed by atoms with Crippen molar-refractivity contribution in [3.8, 4) is 5.75 Å². The van der Waals surface area contributed by atoms with E-state index in [-0.39, 0.29) is 30.5 Å². The summed E-state index contributed by atoms with van der Waals surface area (Å²) < 4.78 is 19.1. The molecule has 0 aliphatic heterocycles. The first-order chi connectivity index (χ1) is 9.69. The maximum Gasteiger partial charge on any atom is 0.223 e. The molecule has 0 radical (unpaired) electrons. The fraction of sp³-hybridized carbons (Fsp3) is 0.533. The molecule has 1 saturated carbocycles. The number of rotatable bonds is 8. The van der Waals surface area contributed by atoms with Crippen molar-refractivity contribution in [1.82, 2.24) is 10.6 Å². The van der Waals surface area contributed by atoms with E-state index < -0.39 is 0 Å². The van der Waals surface area contributed by atoms with Crippen molar-refractivity contribution in [3.63, 3.8) is 0 Å². The van der Waals surface area contributed by atoms with E-state index in [0.717, 1.165) is 24.9 Å². The molecule has 1 fully saturated rings. The fourth-order valence-corrected chi connectivity index (χ4v) is 1.82. The van der Waals surface area contributed by atoms with Gasteiger partial charge in [-0.15, -0.1) is 0 Å². The Morgan fingerprint density at radius 1 is 1.45 bits per heavy atom. The smallest absolute Gasteiger partial charge is 0.223 e. The van der Waals surface area contributed by atoms with Crippen LogP contribution in [0.3, 0.4) is 0 Å². The topological polar surface area (TPSA) is 50.4 Å². The van der Waals surface area contributed by atoms with Gasteiger partial charge in [0.25, 0.3) is 0 Å². The van der Waals surface area contributed by atoms with Crippen LogP contribution in [0.15, 0.2) is 18.2 Å². The number of hydrogen-bond donors (Lipinski definition) is 2. The summed E-state index contributed by atoms with van der Waals surface area (Å²) >= 11 is 0. The van der Waals surface area contributed by atoms with Gasteiger partial charge in [-0.05, 0) is 37.1 Å². The molecule has 1 aliphatic rings. The van der Waals surface area contributed by atoms with Gasteiger partial charge in [0.2, 0.25) is 5.91 Å². The zero-order valence-electron chi connectivity index (χ0n) is 11.7. The van der Waals surface area contributed by atoms with E-state index in [2.05, 4.69) is 10.6 Å². The Hall–Kier alpha value is -1.62. The predicted molar refractivity (Wildman–Crippen MR) is 75.1 cm³/mol. The standard InChI is InChI=1S/C15H21FN2O2/c1-2-17-10-11-3-6-14(13(16)9-11)20-8-7-15(19)18-12-4-5-12/h3,6,9,12,17H,2,4-5,7-8,10H2,1H3,(H,18,19). The molecule has 1 aliphatic carbocycles. The SMILES string of the molecule is CCNCc1ccc(OCCC(=O)NC2CC2)c(F)c1. The van der Waals surface area contributed by atoms with Crippen molar-refractivity contribution in [2.75, 3.05) is 13.2 Å². The number of carbonyl (C=O) groups is 1. The summed E-state index contributed by atoms with van der Waals surface area (Å²) in [5, 5.41) is 6.00. The maximum atomic E-state index is 13.8. The summed E-state index contributed by atoms with van der Waals surface area (Å²) in [6.07, 6.45) is 2.39. The summed E-state index contributed by atoms with van der Waals surface area (Å²) in [6.45, 7) is 3.68. The van der Waals surface area contributed by atoms with Crippen LogP contribution in [0.4, 0.5) is 4.39 Å². The molecule has 0 bridgehead atoms. The Morgan fingerprint density at radius 3 is 2.90 bits per heavy atom. The minimum Gasteiger partial charge on any atom is -0.490 e. The second-order valence-electron chi connectivity index (χ2n) is 4.99. The van der Waals surface area contributed by atoms with E-state index >= 15 is 0 Å². The molecule has 2 rings (SSSR count).